The van der Waals surface area contributed by atoms with Crippen LogP contribution in [0.3, 0.4) is 0 Å². The maximum atomic E-state index is 11.8. The number of H-pyrrole nitrogens is 1. The highest BCUT2D eigenvalue weighted by atomic mass is 32.1. The van der Waals surface area contributed by atoms with Crippen LogP contribution in [-0.4, -0.2) is 49.7 Å². The standard InChI is InChI=1S/C12H15N3O5S/c1-12(19)8(17)5(2-16)20-9(12)7-6-4(3-21-7)10(18)15-11(13)14-6/h3,5,8-9,16-17,19H,2H2,1H3,(H3,13,14,15,18). The van der Waals surface area contributed by atoms with Gasteiger partial charge in [-0.2, -0.15) is 0 Å². The van der Waals surface area contributed by atoms with E-state index in [4.69, 9.17) is 10.5 Å². The largest absolute Gasteiger partial charge is 0.394 e. The molecule has 1 saturated heterocycles. The fourth-order valence-electron chi connectivity index (χ4n) is 2.55. The van der Waals surface area contributed by atoms with Gasteiger partial charge in [0.05, 0.1) is 22.4 Å². The maximum absolute atomic E-state index is 11.8. The maximum Gasteiger partial charge on any atom is 0.261 e. The Bertz CT molecular complexity index is 740. The first-order chi connectivity index (χ1) is 9.86. The second kappa shape index (κ2) is 4.75. The van der Waals surface area contributed by atoms with Crippen molar-refractivity contribution in [3.8, 4) is 0 Å². The van der Waals surface area contributed by atoms with Gasteiger partial charge in [-0.05, 0) is 6.92 Å². The van der Waals surface area contributed by atoms with Crippen LogP contribution in [0.4, 0.5) is 5.95 Å². The number of nitrogens with zero attached hydrogens (tertiary/aromatic N) is 1. The number of aliphatic hydroxyl groups excluding tert-OH is 2. The third kappa shape index (κ3) is 2.05. The molecule has 1 aliphatic heterocycles. The number of nitrogens with two attached hydrogens (primary N) is 1. The van der Waals surface area contributed by atoms with Gasteiger partial charge in [0.2, 0.25) is 5.95 Å². The number of thiophene rings is 1. The molecule has 0 radical (unpaired) electrons. The first-order valence-electron chi connectivity index (χ1n) is 6.30. The number of rotatable bonds is 2. The van der Waals surface area contributed by atoms with E-state index in [0.29, 0.717) is 15.8 Å². The van der Waals surface area contributed by atoms with Crippen LogP contribution in [0.25, 0.3) is 10.9 Å². The Morgan fingerprint density at radius 1 is 1.62 bits per heavy atom. The van der Waals surface area contributed by atoms with E-state index in [1.165, 1.54) is 18.3 Å². The highest BCUT2D eigenvalue weighted by Crippen LogP contribution is 2.45. The molecule has 21 heavy (non-hydrogen) atoms. The zero-order valence-electron chi connectivity index (χ0n) is 11.1. The van der Waals surface area contributed by atoms with Crippen LogP contribution in [0.15, 0.2) is 10.2 Å². The topological polar surface area (TPSA) is 142 Å². The van der Waals surface area contributed by atoms with E-state index >= 15 is 0 Å². The quantitative estimate of drug-likeness (QED) is 0.484. The number of anilines is 1. The van der Waals surface area contributed by atoms with Crippen molar-refractivity contribution in [2.24, 2.45) is 0 Å². The van der Waals surface area contributed by atoms with Gasteiger partial charge < -0.3 is 25.8 Å². The number of aromatic amines is 1. The third-order valence-electron chi connectivity index (χ3n) is 3.72. The molecule has 3 heterocycles. The van der Waals surface area contributed by atoms with E-state index in [1.807, 2.05) is 0 Å². The van der Waals surface area contributed by atoms with Crippen LogP contribution in [0.1, 0.15) is 17.9 Å². The van der Waals surface area contributed by atoms with E-state index in [0.717, 1.165) is 0 Å². The summed E-state index contributed by atoms with van der Waals surface area (Å²) in [4.78, 5) is 18.8. The molecule has 6 N–H and O–H groups in total. The van der Waals surface area contributed by atoms with Gasteiger partial charge in [0, 0.05) is 5.38 Å². The molecule has 0 aliphatic carbocycles. The molecular formula is C12H15N3O5S. The molecule has 9 heteroatoms. The molecule has 0 spiro atoms. The number of hydrogen-bond donors (Lipinski definition) is 5. The predicted molar refractivity (Wildman–Crippen MR) is 76.0 cm³/mol. The molecule has 4 unspecified atom stereocenters. The van der Waals surface area contributed by atoms with Crippen LogP contribution in [-0.2, 0) is 4.74 Å². The molecule has 1 fully saturated rings. The molecule has 0 saturated carbocycles. The minimum atomic E-state index is -1.61. The predicted octanol–water partition coefficient (Wildman–Crippen LogP) is -0.889. The molecule has 0 amide bonds. The molecule has 1 aliphatic rings. The molecule has 114 valence electrons. The Balaban J connectivity index is 2.15. The smallest absolute Gasteiger partial charge is 0.261 e. The average Bonchev–Trinajstić information content (AvgIpc) is 2.91. The fraction of sp³-hybridized carbons (Fsp3) is 0.500. The lowest BCUT2D eigenvalue weighted by atomic mass is 9.92. The van der Waals surface area contributed by atoms with Gasteiger partial charge in [-0.25, -0.2) is 4.98 Å². The number of ether oxygens (including phenoxy) is 1. The average molecular weight is 313 g/mol. The van der Waals surface area contributed by atoms with Crippen LogP contribution >= 0.6 is 11.3 Å². The second-order valence-electron chi connectivity index (χ2n) is 5.22. The Labute approximate surface area is 122 Å². The van der Waals surface area contributed by atoms with Crippen molar-refractivity contribution in [3.05, 3.63) is 20.6 Å². The molecule has 4 atom stereocenters. The third-order valence-corrected chi connectivity index (χ3v) is 4.74. The monoisotopic (exact) mass is 313 g/mol. The van der Waals surface area contributed by atoms with Crippen molar-refractivity contribution in [1.29, 1.82) is 0 Å². The van der Waals surface area contributed by atoms with Gasteiger partial charge in [0.15, 0.2) is 0 Å². The van der Waals surface area contributed by atoms with E-state index in [-0.39, 0.29) is 11.5 Å². The molecule has 0 aromatic carbocycles. The Morgan fingerprint density at radius 2 is 2.33 bits per heavy atom. The zero-order chi connectivity index (χ0) is 15.4. The van der Waals surface area contributed by atoms with Crippen molar-refractivity contribution in [3.63, 3.8) is 0 Å². The molecule has 8 nitrogen and oxygen atoms in total. The molecule has 2 aromatic rings. The number of aliphatic hydroxyl groups is 3. The SMILES string of the molecule is CC1(O)C(c2scc3c(=O)[nH]c(N)nc23)OC(CO)C1O. The number of fused-ring (bicyclic) bond motifs is 1. The summed E-state index contributed by atoms with van der Waals surface area (Å²) in [6, 6.07) is 0. The summed E-state index contributed by atoms with van der Waals surface area (Å²) >= 11 is 1.18. The Hall–Kier alpha value is -1.52. The summed E-state index contributed by atoms with van der Waals surface area (Å²) < 4.78 is 5.54. The van der Waals surface area contributed by atoms with Crippen LogP contribution in [0.5, 0.6) is 0 Å². The van der Waals surface area contributed by atoms with E-state index in [9.17, 15) is 20.1 Å². The van der Waals surface area contributed by atoms with Crippen LogP contribution < -0.4 is 11.3 Å². The van der Waals surface area contributed by atoms with Gasteiger partial charge in [-0.1, -0.05) is 0 Å². The molecule has 3 rings (SSSR count). The van der Waals surface area contributed by atoms with Crippen LogP contribution in [0, 0.1) is 0 Å². The van der Waals surface area contributed by atoms with Gasteiger partial charge in [-0.15, -0.1) is 11.3 Å². The van der Waals surface area contributed by atoms with Crippen molar-refractivity contribution >= 4 is 28.2 Å². The van der Waals surface area contributed by atoms with E-state index < -0.39 is 30.5 Å². The Morgan fingerprint density at radius 3 is 2.95 bits per heavy atom. The summed E-state index contributed by atoms with van der Waals surface area (Å²) in [5.41, 5.74) is 3.89. The van der Waals surface area contributed by atoms with Gasteiger partial charge >= 0.3 is 0 Å². The molecule has 0 bridgehead atoms. The van der Waals surface area contributed by atoms with E-state index in [1.54, 1.807) is 5.38 Å². The first kappa shape index (κ1) is 14.4. The normalized spacial score (nSPS) is 32.9. The highest BCUT2D eigenvalue weighted by molar-refractivity contribution is 7.11. The minimum absolute atomic E-state index is 0.0379. The Kier molecular flexibility index (Phi) is 3.26. The lowest BCUT2D eigenvalue weighted by Crippen LogP contribution is -2.42. The summed E-state index contributed by atoms with van der Waals surface area (Å²) in [5, 5.41) is 31.6. The summed E-state index contributed by atoms with van der Waals surface area (Å²) in [5.74, 6) is -0.0379. The lowest BCUT2D eigenvalue weighted by Gasteiger charge is -2.25. The molecule has 2 aromatic heterocycles. The number of nitrogen functional groups attached to an aromatic ring is 1. The summed E-state index contributed by atoms with van der Waals surface area (Å²) in [6.45, 7) is 0.993. The van der Waals surface area contributed by atoms with Crippen molar-refractivity contribution in [1.82, 2.24) is 9.97 Å². The minimum Gasteiger partial charge on any atom is -0.394 e. The number of hydrogen-bond acceptors (Lipinski definition) is 8. The lowest BCUT2D eigenvalue weighted by molar-refractivity contribution is -0.0630. The summed E-state index contributed by atoms with van der Waals surface area (Å²) in [7, 11) is 0. The highest BCUT2D eigenvalue weighted by Gasteiger charge is 2.53. The molecular weight excluding hydrogens is 298 g/mol. The second-order valence-corrected chi connectivity index (χ2v) is 6.13. The van der Waals surface area contributed by atoms with Gasteiger partial charge in [0.1, 0.15) is 23.9 Å². The number of aromatic nitrogens is 2. The van der Waals surface area contributed by atoms with Crippen LogP contribution in [0.2, 0.25) is 0 Å². The van der Waals surface area contributed by atoms with Gasteiger partial charge in [-0.3, -0.25) is 9.78 Å². The zero-order valence-corrected chi connectivity index (χ0v) is 11.9. The number of nitrogens with one attached hydrogen (secondary N) is 1. The first-order valence-corrected chi connectivity index (χ1v) is 7.18. The van der Waals surface area contributed by atoms with Crippen molar-refractivity contribution in [2.45, 2.75) is 30.8 Å². The summed E-state index contributed by atoms with van der Waals surface area (Å²) in [6.07, 6.45) is -3.05. The van der Waals surface area contributed by atoms with Crippen molar-refractivity contribution < 1.29 is 20.1 Å². The fourth-order valence-corrected chi connectivity index (χ4v) is 3.70. The van der Waals surface area contributed by atoms with Crippen molar-refractivity contribution in [2.75, 3.05) is 12.3 Å². The van der Waals surface area contributed by atoms with E-state index in [2.05, 4.69) is 9.97 Å². The van der Waals surface area contributed by atoms with Gasteiger partial charge in [0.25, 0.3) is 5.56 Å².